The fourth-order valence-electron chi connectivity index (χ4n) is 11.6. The molecule has 5 aromatic rings. The summed E-state index contributed by atoms with van der Waals surface area (Å²) in [4.78, 5) is 37.2. The Morgan fingerprint density at radius 3 is 2.53 bits per heavy atom. The molecule has 2 aromatic heterocycles. The van der Waals surface area contributed by atoms with Gasteiger partial charge in [0.1, 0.15) is 23.8 Å². The molecule has 2 aliphatic carbocycles. The van der Waals surface area contributed by atoms with E-state index in [1.807, 2.05) is 0 Å². The highest BCUT2D eigenvalue weighted by molar-refractivity contribution is 7.90. The molecule has 10 rings (SSSR count). The molecule has 1 spiro atoms. The number of sulfonamides is 1. The molecular weight excluding hydrogens is 913 g/mol. The zero-order chi connectivity index (χ0) is 47.7. The number of hydrogen-bond donors (Lipinski definition) is 4. The van der Waals surface area contributed by atoms with Crippen LogP contribution in [-0.2, 0) is 10.0 Å². The Bertz CT molecular complexity index is 2890. The lowest BCUT2D eigenvalue weighted by atomic mass is 9.59. The number of aliphatic hydroxyl groups is 1. The molecule has 18 heteroatoms. The molecule has 0 unspecified atom stereocenters. The van der Waals surface area contributed by atoms with Crippen LogP contribution < -0.4 is 24.4 Å². The Balaban J connectivity index is 0.874. The second-order valence-electron chi connectivity index (χ2n) is 20.2. The van der Waals surface area contributed by atoms with Crippen LogP contribution in [0.5, 0.6) is 17.2 Å². The Labute approximate surface area is 399 Å². The van der Waals surface area contributed by atoms with Gasteiger partial charge >= 0.3 is 0 Å². The number of nitrogens with one attached hydrogen (secondary N) is 3. The highest BCUT2D eigenvalue weighted by atomic mass is 35.5. The van der Waals surface area contributed by atoms with Crippen molar-refractivity contribution in [2.24, 2.45) is 11.3 Å². The number of aromatic amines is 1. The van der Waals surface area contributed by atoms with Gasteiger partial charge in [0.25, 0.3) is 21.6 Å². The van der Waals surface area contributed by atoms with Crippen molar-refractivity contribution in [1.82, 2.24) is 19.6 Å². The Morgan fingerprint density at radius 2 is 1.79 bits per heavy atom. The van der Waals surface area contributed by atoms with Crippen molar-refractivity contribution < 1.29 is 37.1 Å². The quantitative estimate of drug-likeness (QED) is 0.0557. The van der Waals surface area contributed by atoms with Gasteiger partial charge in [0.05, 0.1) is 32.4 Å². The number of H-pyrrole nitrogens is 1. The van der Waals surface area contributed by atoms with Gasteiger partial charge in [0, 0.05) is 55.3 Å². The molecule has 5 heterocycles. The summed E-state index contributed by atoms with van der Waals surface area (Å²) < 4.78 is 57.0. The predicted molar refractivity (Wildman–Crippen MR) is 257 cm³/mol. The lowest BCUT2D eigenvalue weighted by Gasteiger charge is -2.56. The summed E-state index contributed by atoms with van der Waals surface area (Å²) in [6.07, 6.45) is 10.3. The normalized spacial score (nSPS) is 24.0. The van der Waals surface area contributed by atoms with E-state index < -0.39 is 42.9 Å². The number of amides is 1. The summed E-state index contributed by atoms with van der Waals surface area (Å²) in [6.45, 7) is 9.08. The molecule has 15 nitrogen and oxygen atoms in total. The molecule has 5 aliphatic rings. The number of benzene rings is 3. The first-order valence-corrected chi connectivity index (χ1v) is 25.6. The number of ether oxygens (including phenoxy) is 2. The topological polar surface area (TPSA) is 192 Å². The molecule has 4 fully saturated rings. The first-order valence-electron chi connectivity index (χ1n) is 23.7. The monoisotopic (exact) mass is 969 g/mol. The van der Waals surface area contributed by atoms with E-state index in [1.54, 1.807) is 19.1 Å². The third-order valence-electron chi connectivity index (χ3n) is 15.4. The van der Waals surface area contributed by atoms with Crippen molar-refractivity contribution in [2.75, 3.05) is 36.5 Å². The van der Waals surface area contributed by atoms with Crippen molar-refractivity contribution in [3.05, 3.63) is 105 Å². The third kappa shape index (κ3) is 8.86. The van der Waals surface area contributed by atoms with Gasteiger partial charge in [-0.05, 0) is 124 Å². The minimum Gasteiger partial charge on any atom is -0.489 e. The number of rotatable bonds is 11. The smallest absolute Gasteiger partial charge is 0.297 e. The molecule has 2 atom stereocenters. The summed E-state index contributed by atoms with van der Waals surface area (Å²) in [5.74, 6) is -1.28. The number of aromatic nitrogens is 2. The van der Waals surface area contributed by atoms with Gasteiger partial charge in [-0.3, -0.25) is 19.8 Å². The number of hydrogen-bond acceptors (Lipinski definition) is 12. The molecule has 1 amide bonds. The van der Waals surface area contributed by atoms with E-state index in [2.05, 4.69) is 67.9 Å². The Hall–Kier alpha value is -5.49. The lowest BCUT2D eigenvalue weighted by Crippen LogP contribution is -2.54. The largest absolute Gasteiger partial charge is 0.489 e. The third-order valence-corrected chi connectivity index (χ3v) is 17.0. The van der Waals surface area contributed by atoms with Gasteiger partial charge in [0.2, 0.25) is 0 Å². The highest BCUT2D eigenvalue weighted by Gasteiger charge is 2.50. The van der Waals surface area contributed by atoms with Gasteiger partial charge < -0.3 is 29.8 Å². The van der Waals surface area contributed by atoms with Crippen LogP contribution in [0.4, 0.5) is 21.5 Å². The van der Waals surface area contributed by atoms with E-state index >= 15 is 0 Å². The Morgan fingerprint density at radius 1 is 1.04 bits per heavy atom. The maximum Gasteiger partial charge on any atom is 0.297 e. The zero-order valence-electron chi connectivity index (χ0n) is 38.4. The van der Waals surface area contributed by atoms with Gasteiger partial charge in [-0.1, -0.05) is 49.7 Å². The first-order chi connectivity index (χ1) is 32.5. The van der Waals surface area contributed by atoms with Crippen LogP contribution in [0.15, 0.2) is 71.8 Å². The lowest BCUT2D eigenvalue weighted by molar-refractivity contribution is -0.384. The molecule has 360 valence electrons. The maximum absolute atomic E-state index is 14.7. The SMILES string of the molecule is CC(C)c1ccccc1[C@H]1CCCN1C1CC2(CCN(c3ccc(C(=O)NS(=O)(=O)c4cc5c(c([N+](=O)[O-])c4)N[C@@H](C4CCC(C)(O)CC4)CO5)c(Oc4cc5c(F)c[nH]c5nc4Cl)c3)CC2)C1. The summed E-state index contributed by atoms with van der Waals surface area (Å²) >= 11 is 6.54. The number of pyridine rings is 1. The number of fused-ring (bicyclic) bond motifs is 2. The highest BCUT2D eigenvalue weighted by Crippen LogP contribution is 2.54. The molecule has 68 heavy (non-hydrogen) atoms. The average Bonchev–Trinajstić information content (AvgIpc) is 3.93. The van der Waals surface area contributed by atoms with Crippen LogP contribution in [0, 0.1) is 27.3 Å². The summed E-state index contributed by atoms with van der Waals surface area (Å²) in [7, 11) is -4.75. The van der Waals surface area contributed by atoms with Crippen LogP contribution in [0.2, 0.25) is 5.15 Å². The van der Waals surface area contributed by atoms with Gasteiger partial charge in [-0.2, -0.15) is 0 Å². The molecule has 3 aliphatic heterocycles. The second kappa shape index (κ2) is 17.8. The summed E-state index contributed by atoms with van der Waals surface area (Å²) in [5.41, 5.74) is 2.63. The van der Waals surface area contributed by atoms with E-state index in [-0.39, 0.29) is 68.7 Å². The number of carbonyl (C=O) groups is 1. The average molecular weight is 971 g/mol. The fraction of sp³-hybridized carbons (Fsp3) is 0.480. The van der Waals surface area contributed by atoms with Crippen LogP contribution in [0.3, 0.4) is 0 Å². The van der Waals surface area contributed by atoms with Crippen LogP contribution in [0.1, 0.15) is 118 Å². The minimum atomic E-state index is -4.75. The Kier molecular flexibility index (Phi) is 12.1. The van der Waals surface area contributed by atoms with Crippen molar-refractivity contribution in [3.63, 3.8) is 0 Å². The number of likely N-dealkylation sites (tertiary alicyclic amines) is 1. The summed E-state index contributed by atoms with van der Waals surface area (Å²) in [5, 5.41) is 26.0. The number of halogens is 2. The van der Waals surface area contributed by atoms with E-state index in [9.17, 15) is 32.8 Å². The number of piperidine rings is 1. The molecule has 2 saturated heterocycles. The molecule has 0 radical (unpaired) electrons. The second-order valence-corrected chi connectivity index (χ2v) is 22.3. The zero-order valence-corrected chi connectivity index (χ0v) is 40.0. The molecule has 4 N–H and O–H groups in total. The molecular formula is C50H57ClFN7O8S. The van der Waals surface area contributed by atoms with Crippen molar-refractivity contribution >= 4 is 55.6 Å². The first kappa shape index (κ1) is 46.2. The maximum atomic E-state index is 14.7. The van der Waals surface area contributed by atoms with Gasteiger partial charge in [-0.25, -0.2) is 22.5 Å². The molecule has 3 aromatic carbocycles. The van der Waals surface area contributed by atoms with Crippen LogP contribution in [0.25, 0.3) is 11.0 Å². The number of carbonyl (C=O) groups excluding carboxylic acids is 1. The molecule has 0 bridgehead atoms. The van der Waals surface area contributed by atoms with E-state index in [1.165, 1.54) is 36.1 Å². The van der Waals surface area contributed by atoms with E-state index in [0.29, 0.717) is 43.7 Å². The standard InChI is InChI=1S/C50H57ClFN7O8S/c1-29(2)34-7-4-5-8-35(34)40-9-6-18-58(40)32-25-50(26-32)16-19-57(20-17-50)31-10-11-36(42(21-31)67-44-24-37-38(52)27-53-47(37)55-46(44)51)48(60)56-68(64,65)33-22-41(59(62)63)45-43(23-33)66-28-39(54-45)30-12-14-49(3,61)15-13-30/h4-5,7-8,10-11,21-24,27,29-30,32,39-40,54,61H,6,9,12-20,25-26,28H2,1-3H3,(H,53,55)(H,56,60)/t30?,39-,40-,49?/m1/s1. The van der Waals surface area contributed by atoms with Gasteiger partial charge in [0.15, 0.2) is 22.3 Å². The van der Waals surface area contributed by atoms with Crippen LogP contribution >= 0.6 is 11.6 Å². The number of anilines is 2. The fourth-order valence-corrected chi connectivity index (χ4v) is 12.7. The predicted octanol–water partition coefficient (Wildman–Crippen LogP) is 10.00. The van der Waals surface area contributed by atoms with Crippen molar-refractivity contribution in [3.8, 4) is 17.2 Å². The van der Waals surface area contributed by atoms with Crippen LogP contribution in [-0.4, -0.2) is 83.1 Å². The van der Waals surface area contributed by atoms with Gasteiger partial charge in [-0.15, -0.1) is 0 Å². The minimum absolute atomic E-state index is 0.0395. The number of nitrogens with zero attached hydrogens (tertiary/aromatic N) is 4. The summed E-state index contributed by atoms with van der Waals surface area (Å²) in [6, 6.07) is 17.8. The van der Waals surface area contributed by atoms with Crippen molar-refractivity contribution in [2.45, 2.75) is 120 Å². The van der Waals surface area contributed by atoms with E-state index in [0.717, 1.165) is 69.3 Å². The molecule has 2 saturated carbocycles. The number of nitro groups is 1. The number of nitro benzene ring substituents is 1. The van der Waals surface area contributed by atoms with E-state index in [4.69, 9.17) is 21.1 Å². The van der Waals surface area contributed by atoms with Crippen molar-refractivity contribution in [1.29, 1.82) is 0 Å².